The Labute approximate surface area is 137 Å². The summed E-state index contributed by atoms with van der Waals surface area (Å²) in [6, 6.07) is 9.40. The van der Waals surface area contributed by atoms with Crippen LogP contribution in [0.1, 0.15) is 32.1 Å². The molecular weight excluding hydrogens is 292 g/mol. The lowest BCUT2D eigenvalue weighted by Crippen LogP contribution is -2.37. The average Bonchev–Trinajstić information content (AvgIpc) is 2.88. The fraction of sp³-hybridized carbons (Fsp3) is 0.556. The molecule has 1 fully saturated rings. The molecule has 1 saturated heterocycles. The van der Waals surface area contributed by atoms with Crippen LogP contribution >= 0.6 is 0 Å². The summed E-state index contributed by atoms with van der Waals surface area (Å²) in [6.07, 6.45) is 4.82. The van der Waals surface area contributed by atoms with Gasteiger partial charge in [-0.15, -0.1) is 0 Å². The first kappa shape index (κ1) is 17.1. The number of likely N-dealkylation sites (tertiary alicyclic amines) is 1. The third kappa shape index (κ3) is 5.17. The molecule has 124 valence electrons. The second-order valence-electron chi connectivity index (χ2n) is 5.73. The van der Waals surface area contributed by atoms with E-state index in [0.29, 0.717) is 18.8 Å². The third-order valence-electron chi connectivity index (χ3n) is 4.11. The number of carbonyl (C=O) groups is 1. The standard InChI is InChI=1S/C18H24N2O3/c1-22-16-6-8-17(9-7-16)23-13-10-15(14-19)18(21)20-11-4-2-3-5-12-20/h6-9,15H,2-5,10-13H2,1H3. The molecule has 1 aromatic rings. The predicted molar refractivity (Wildman–Crippen MR) is 87.3 cm³/mol. The second-order valence-corrected chi connectivity index (χ2v) is 5.73. The molecule has 23 heavy (non-hydrogen) atoms. The predicted octanol–water partition coefficient (Wildman–Crippen LogP) is 3.01. The highest BCUT2D eigenvalue weighted by Gasteiger charge is 2.24. The minimum Gasteiger partial charge on any atom is -0.497 e. The van der Waals surface area contributed by atoms with Crippen LogP contribution in [0, 0.1) is 17.2 Å². The van der Waals surface area contributed by atoms with E-state index in [1.165, 1.54) is 12.8 Å². The minimum absolute atomic E-state index is 0.0484. The average molecular weight is 316 g/mol. The summed E-state index contributed by atoms with van der Waals surface area (Å²) in [5, 5.41) is 9.29. The van der Waals surface area contributed by atoms with Gasteiger partial charge in [0.05, 0.1) is 19.8 Å². The van der Waals surface area contributed by atoms with Crippen molar-refractivity contribution in [3.05, 3.63) is 24.3 Å². The van der Waals surface area contributed by atoms with Crippen molar-refractivity contribution in [3.63, 3.8) is 0 Å². The molecule has 1 aromatic carbocycles. The number of nitrogens with zero attached hydrogens (tertiary/aromatic N) is 2. The van der Waals surface area contributed by atoms with E-state index in [1.54, 1.807) is 7.11 Å². The van der Waals surface area contributed by atoms with Gasteiger partial charge in [-0.3, -0.25) is 4.79 Å². The van der Waals surface area contributed by atoms with E-state index in [-0.39, 0.29) is 5.91 Å². The fourth-order valence-corrected chi connectivity index (χ4v) is 2.72. The van der Waals surface area contributed by atoms with Crippen molar-refractivity contribution in [1.29, 1.82) is 5.26 Å². The molecule has 5 nitrogen and oxygen atoms in total. The number of hydrogen-bond donors (Lipinski definition) is 0. The van der Waals surface area contributed by atoms with Crippen LogP contribution in [0.25, 0.3) is 0 Å². The van der Waals surface area contributed by atoms with Gasteiger partial charge in [-0.05, 0) is 37.1 Å². The number of methoxy groups -OCH3 is 1. The van der Waals surface area contributed by atoms with Gasteiger partial charge in [0.2, 0.25) is 5.91 Å². The van der Waals surface area contributed by atoms with Crippen molar-refractivity contribution in [2.45, 2.75) is 32.1 Å². The molecule has 0 saturated carbocycles. The quantitative estimate of drug-likeness (QED) is 0.809. The summed E-state index contributed by atoms with van der Waals surface area (Å²) in [5.41, 5.74) is 0. The minimum atomic E-state index is -0.619. The van der Waals surface area contributed by atoms with Crippen LogP contribution in [0.4, 0.5) is 0 Å². The van der Waals surface area contributed by atoms with E-state index < -0.39 is 5.92 Å². The molecule has 1 unspecified atom stereocenters. The van der Waals surface area contributed by atoms with Crippen molar-refractivity contribution < 1.29 is 14.3 Å². The Bertz CT molecular complexity index is 528. The Morgan fingerprint density at radius 3 is 2.35 bits per heavy atom. The van der Waals surface area contributed by atoms with Crippen LogP contribution in [-0.4, -0.2) is 37.6 Å². The number of rotatable bonds is 6. The number of nitriles is 1. The molecule has 0 N–H and O–H groups in total. The molecule has 1 atom stereocenters. The van der Waals surface area contributed by atoms with E-state index in [4.69, 9.17) is 9.47 Å². The molecule has 5 heteroatoms. The van der Waals surface area contributed by atoms with Crippen LogP contribution in [0.5, 0.6) is 11.5 Å². The molecule has 0 aromatic heterocycles. The summed E-state index contributed by atoms with van der Waals surface area (Å²) < 4.78 is 10.7. The lowest BCUT2D eigenvalue weighted by Gasteiger charge is -2.22. The Morgan fingerprint density at radius 2 is 1.78 bits per heavy atom. The smallest absolute Gasteiger partial charge is 0.240 e. The lowest BCUT2D eigenvalue weighted by molar-refractivity contribution is -0.134. The van der Waals surface area contributed by atoms with Crippen LogP contribution in [0.3, 0.4) is 0 Å². The van der Waals surface area contributed by atoms with E-state index in [2.05, 4.69) is 6.07 Å². The molecule has 0 bridgehead atoms. The maximum Gasteiger partial charge on any atom is 0.240 e. The van der Waals surface area contributed by atoms with Crippen LogP contribution in [0.15, 0.2) is 24.3 Å². The maximum atomic E-state index is 12.4. The van der Waals surface area contributed by atoms with Gasteiger partial charge in [0.15, 0.2) is 0 Å². The number of amides is 1. The number of benzene rings is 1. The molecule has 1 heterocycles. The van der Waals surface area contributed by atoms with Crippen LogP contribution in [0.2, 0.25) is 0 Å². The highest BCUT2D eigenvalue weighted by molar-refractivity contribution is 5.81. The van der Waals surface area contributed by atoms with Crippen molar-refractivity contribution in [3.8, 4) is 17.6 Å². The number of hydrogen-bond acceptors (Lipinski definition) is 4. The van der Waals surface area contributed by atoms with E-state index in [1.807, 2.05) is 29.2 Å². The summed E-state index contributed by atoms with van der Waals surface area (Å²) >= 11 is 0. The van der Waals surface area contributed by atoms with Gasteiger partial charge in [-0.2, -0.15) is 5.26 Å². The zero-order chi connectivity index (χ0) is 16.5. The second kappa shape index (κ2) is 9.04. The highest BCUT2D eigenvalue weighted by atomic mass is 16.5. The van der Waals surface area contributed by atoms with Gasteiger partial charge in [-0.1, -0.05) is 12.8 Å². The molecule has 0 spiro atoms. The monoisotopic (exact) mass is 316 g/mol. The molecule has 1 aliphatic heterocycles. The largest absolute Gasteiger partial charge is 0.497 e. The first-order valence-electron chi connectivity index (χ1n) is 8.20. The summed E-state index contributed by atoms with van der Waals surface area (Å²) in [7, 11) is 1.61. The van der Waals surface area contributed by atoms with Crippen molar-refractivity contribution in [1.82, 2.24) is 4.90 Å². The fourth-order valence-electron chi connectivity index (χ4n) is 2.72. The molecule has 1 aliphatic rings. The molecule has 1 amide bonds. The van der Waals surface area contributed by atoms with Crippen molar-refractivity contribution >= 4 is 5.91 Å². The summed E-state index contributed by atoms with van der Waals surface area (Å²) in [4.78, 5) is 14.3. The van der Waals surface area contributed by atoms with E-state index in [9.17, 15) is 10.1 Å². The summed E-state index contributed by atoms with van der Waals surface area (Å²) in [6.45, 7) is 1.90. The Morgan fingerprint density at radius 1 is 1.17 bits per heavy atom. The first-order chi connectivity index (χ1) is 11.2. The molecular formula is C18H24N2O3. The number of carbonyl (C=O) groups excluding carboxylic acids is 1. The molecule has 2 rings (SSSR count). The van der Waals surface area contributed by atoms with Gasteiger partial charge in [0, 0.05) is 19.5 Å². The molecule has 0 radical (unpaired) electrons. The SMILES string of the molecule is COc1ccc(OCCC(C#N)C(=O)N2CCCCCC2)cc1. The number of ether oxygens (including phenoxy) is 2. The Kier molecular flexibility index (Phi) is 6.74. The molecule has 0 aliphatic carbocycles. The van der Waals surface area contributed by atoms with Crippen LogP contribution < -0.4 is 9.47 Å². The van der Waals surface area contributed by atoms with Crippen molar-refractivity contribution in [2.75, 3.05) is 26.8 Å². The Balaban J connectivity index is 1.81. The van der Waals surface area contributed by atoms with Gasteiger partial charge in [0.1, 0.15) is 17.4 Å². The van der Waals surface area contributed by atoms with Gasteiger partial charge in [0.25, 0.3) is 0 Å². The zero-order valence-electron chi connectivity index (χ0n) is 13.7. The first-order valence-corrected chi connectivity index (χ1v) is 8.20. The van der Waals surface area contributed by atoms with E-state index in [0.717, 1.165) is 31.7 Å². The third-order valence-corrected chi connectivity index (χ3v) is 4.11. The van der Waals surface area contributed by atoms with Crippen molar-refractivity contribution in [2.24, 2.45) is 5.92 Å². The normalized spacial score (nSPS) is 16.1. The Hall–Kier alpha value is -2.22. The lowest BCUT2D eigenvalue weighted by atomic mass is 10.1. The summed E-state index contributed by atoms with van der Waals surface area (Å²) in [5.74, 6) is 0.812. The van der Waals surface area contributed by atoms with Crippen LogP contribution in [-0.2, 0) is 4.79 Å². The van der Waals surface area contributed by atoms with Gasteiger partial charge in [-0.25, -0.2) is 0 Å². The van der Waals surface area contributed by atoms with Gasteiger partial charge < -0.3 is 14.4 Å². The van der Waals surface area contributed by atoms with Gasteiger partial charge >= 0.3 is 0 Å². The highest BCUT2D eigenvalue weighted by Crippen LogP contribution is 2.18. The van der Waals surface area contributed by atoms with E-state index >= 15 is 0 Å². The zero-order valence-corrected chi connectivity index (χ0v) is 13.7. The topological polar surface area (TPSA) is 62.6 Å². The maximum absolute atomic E-state index is 12.4.